The van der Waals surface area contributed by atoms with Crippen LogP contribution in [0.25, 0.3) is 0 Å². The molecule has 0 unspecified atom stereocenters. The lowest BCUT2D eigenvalue weighted by atomic mass is 9.98. The number of ether oxygens (including phenoxy) is 1. The van der Waals surface area contributed by atoms with Crippen molar-refractivity contribution in [2.24, 2.45) is 5.92 Å². The molecule has 7 heteroatoms. The second-order valence-electron chi connectivity index (χ2n) is 6.85. The Balaban J connectivity index is 1.34. The van der Waals surface area contributed by atoms with Gasteiger partial charge < -0.3 is 15.0 Å². The summed E-state index contributed by atoms with van der Waals surface area (Å²) in [5.41, 5.74) is 0.655. The number of rotatable bonds is 5. The topological polar surface area (TPSA) is 71.5 Å². The summed E-state index contributed by atoms with van der Waals surface area (Å²) in [5.74, 6) is 0.779. The Bertz CT molecular complexity index is 959. The molecule has 4 rings (SSSR count). The van der Waals surface area contributed by atoms with Gasteiger partial charge >= 0.3 is 5.97 Å². The van der Waals surface area contributed by atoms with Crippen LogP contribution in [0.5, 0.6) is 5.75 Å². The van der Waals surface area contributed by atoms with E-state index >= 15 is 0 Å². The summed E-state index contributed by atoms with van der Waals surface area (Å²) in [6.45, 7) is 1.49. The van der Waals surface area contributed by atoms with E-state index in [-0.39, 0.29) is 17.8 Å². The minimum absolute atomic E-state index is 0.151. The van der Waals surface area contributed by atoms with Gasteiger partial charge in [-0.15, -0.1) is 11.3 Å². The van der Waals surface area contributed by atoms with E-state index in [0.717, 1.165) is 25.2 Å². The van der Waals surface area contributed by atoms with Gasteiger partial charge in [-0.05, 0) is 60.7 Å². The molecule has 0 aliphatic carbocycles. The maximum Gasteiger partial charge on any atom is 0.316 e. The second-order valence-corrected chi connectivity index (χ2v) is 7.80. The first-order valence-electron chi connectivity index (χ1n) is 9.51. The number of hydrogen-bond acceptors (Lipinski definition) is 6. The van der Waals surface area contributed by atoms with Gasteiger partial charge in [0.1, 0.15) is 11.6 Å². The van der Waals surface area contributed by atoms with Gasteiger partial charge in [0.25, 0.3) is 5.91 Å². The molecule has 1 amide bonds. The molecule has 6 nitrogen and oxygen atoms in total. The monoisotopic (exact) mass is 407 g/mol. The van der Waals surface area contributed by atoms with Crippen LogP contribution in [0.4, 0.5) is 11.5 Å². The first-order valence-corrected chi connectivity index (χ1v) is 10.4. The predicted octanol–water partition coefficient (Wildman–Crippen LogP) is 4.22. The van der Waals surface area contributed by atoms with Crippen molar-refractivity contribution < 1.29 is 14.3 Å². The molecule has 0 saturated carbocycles. The molecule has 1 fully saturated rings. The van der Waals surface area contributed by atoms with Crippen LogP contribution in [0.1, 0.15) is 22.5 Å². The first-order chi connectivity index (χ1) is 14.2. The molecule has 0 bridgehead atoms. The summed E-state index contributed by atoms with van der Waals surface area (Å²) in [6, 6.07) is 16.2. The Morgan fingerprint density at radius 1 is 1.10 bits per heavy atom. The van der Waals surface area contributed by atoms with Crippen LogP contribution < -0.4 is 15.0 Å². The molecular formula is C22H21N3O3S. The fourth-order valence-electron chi connectivity index (χ4n) is 3.32. The highest BCUT2D eigenvalue weighted by atomic mass is 32.1. The van der Waals surface area contributed by atoms with Gasteiger partial charge in [0, 0.05) is 25.0 Å². The number of anilines is 2. The fraction of sp³-hybridized carbons (Fsp3) is 0.227. The Labute approximate surface area is 173 Å². The number of piperidine rings is 1. The van der Waals surface area contributed by atoms with Gasteiger partial charge in [-0.3, -0.25) is 9.59 Å². The lowest BCUT2D eigenvalue weighted by molar-refractivity contribution is -0.139. The maximum atomic E-state index is 12.6. The van der Waals surface area contributed by atoms with Crippen LogP contribution in [-0.2, 0) is 4.79 Å². The molecule has 1 aliphatic rings. The van der Waals surface area contributed by atoms with Crippen LogP contribution in [0.3, 0.4) is 0 Å². The van der Waals surface area contributed by atoms with Gasteiger partial charge in [0.2, 0.25) is 0 Å². The summed E-state index contributed by atoms with van der Waals surface area (Å²) in [6.07, 6.45) is 3.48. The van der Waals surface area contributed by atoms with E-state index in [4.69, 9.17) is 4.74 Å². The van der Waals surface area contributed by atoms with Crippen LogP contribution >= 0.6 is 11.3 Å². The molecule has 29 heavy (non-hydrogen) atoms. The number of carbonyl (C=O) groups excluding carboxylic acids is 2. The number of nitrogens with one attached hydrogen (secondary N) is 1. The third kappa shape index (κ3) is 4.81. The zero-order chi connectivity index (χ0) is 20.1. The molecular weight excluding hydrogens is 386 g/mol. The molecule has 1 aliphatic heterocycles. The quantitative estimate of drug-likeness (QED) is 0.507. The van der Waals surface area contributed by atoms with E-state index in [1.165, 1.54) is 11.3 Å². The molecule has 1 N–H and O–H groups in total. The summed E-state index contributed by atoms with van der Waals surface area (Å²) < 4.78 is 5.57. The molecule has 3 aromatic rings. The molecule has 148 valence electrons. The van der Waals surface area contributed by atoms with Crippen molar-refractivity contribution in [2.75, 3.05) is 23.3 Å². The van der Waals surface area contributed by atoms with Crippen molar-refractivity contribution in [3.05, 3.63) is 71.1 Å². The maximum absolute atomic E-state index is 12.6. The summed E-state index contributed by atoms with van der Waals surface area (Å²) >= 11 is 1.39. The van der Waals surface area contributed by atoms with E-state index in [1.807, 2.05) is 29.6 Å². The summed E-state index contributed by atoms with van der Waals surface area (Å²) in [7, 11) is 0. The average molecular weight is 407 g/mol. The summed E-state index contributed by atoms with van der Waals surface area (Å²) in [4.78, 5) is 31.9. The highest BCUT2D eigenvalue weighted by molar-refractivity contribution is 7.12. The normalized spacial score (nSPS) is 16.3. The minimum Gasteiger partial charge on any atom is -0.426 e. The zero-order valence-electron chi connectivity index (χ0n) is 15.8. The third-order valence-electron chi connectivity index (χ3n) is 4.80. The van der Waals surface area contributed by atoms with Crippen molar-refractivity contribution in [2.45, 2.75) is 12.8 Å². The summed E-state index contributed by atoms with van der Waals surface area (Å²) in [5, 5.41) is 4.69. The molecule has 1 aromatic carbocycles. The second kappa shape index (κ2) is 8.87. The predicted molar refractivity (Wildman–Crippen MR) is 114 cm³/mol. The molecule has 1 saturated heterocycles. The van der Waals surface area contributed by atoms with E-state index < -0.39 is 0 Å². The number of amides is 1. The van der Waals surface area contributed by atoms with Gasteiger partial charge in [0.15, 0.2) is 0 Å². The van der Waals surface area contributed by atoms with E-state index in [9.17, 15) is 9.59 Å². The standard InChI is InChI=1S/C22H21N3O3S/c26-21(19-6-4-14-29-19)24-17-8-10-18(11-9-17)28-22(27)16-5-3-13-25(15-16)20-7-1-2-12-23-20/h1-2,4,6-12,14,16H,3,5,13,15H2,(H,24,26)/t16-/m1/s1. The van der Waals surface area contributed by atoms with Crippen LogP contribution in [0, 0.1) is 5.92 Å². The SMILES string of the molecule is O=C(Nc1ccc(OC(=O)[C@@H]2CCCN(c3ccccn3)C2)cc1)c1cccs1. The smallest absolute Gasteiger partial charge is 0.316 e. The average Bonchev–Trinajstić information content (AvgIpc) is 3.31. The zero-order valence-corrected chi connectivity index (χ0v) is 16.6. The molecule has 3 heterocycles. The Hall–Kier alpha value is -3.19. The van der Waals surface area contributed by atoms with Crippen molar-refractivity contribution in [1.82, 2.24) is 4.98 Å². The largest absolute Gasteiger partial charge is 0.426 e. The van der Waals surface area contributed by atoms with Gasteiger partial charge in [0.05, 0.1) is 10.8 Å². The number of aromatic nitrogens is 1. The Morgan fingerprint density at radius 3 is 2.69 bits per heavy atom. The highest BCUT2D eigenvalue weighted by Crippen LogP contribution is 2.24. The minimum atomic E-state index is -0.235. The number of nitrogens with zero attached hydrogens (tertiary/aromatic N) is 2. The Kier molecular flexibility index (Phi) is 5.86. The number of hydrogen-bond donors (Lipinski definition) is 1. The lowest BCUT2D eigenvalue weighted by Crippen LogP contribution is -2.40. The van der Waals surface area contributed by atoms with Crippen LogP contribution in [0.2, 0.25) is 0 Å². The van der Waals surface area contributed by atoms with E-state index in [2.05, 4.69) is 15.2 Å². The first kappa shape index (κ1) is 19.1. The van der Waals surface area contributed by atoms with Crippen LogP contribution in [0.15, 0.2) is 66.2 Å². The third-order valence-corrected chi connectivity index (χ3v) is 5.67. The molecule has 0 radical (unpaired) electrons. The van der Waals surface area contributed by atoms with Gasteiger partial charge in [-0.2, -0.15) is 0 Å². The van der Waals surface area contributed by atoms with Gasteiger partial charge in [-0.25, -0.2) is 4.98 Å². The van der Waals surface area contributed by atoms with Gasteiger partial charge in [-0.1, -0.05) is 12.1 Å². The number of thiophene rings is 1. The van der Waals surface area contributed by atoms with Crippen molar-refractivity contribution in [1.29, 1.82) is 0 Å². The van der Waals surface area contributed by atoms with Crippen molar-refractivity contribution >= 4 is 34.7 Å². The molecule has 1 atom stereocenters. The number of benzene rings is 1. The van der Waals surface area contributed by atoms with Crippen molar-refractivity contribution in [3.63, 3.8) is 0 Å². The number of carbonyl (C=O) groups is 2. The highest BCUT2D eigenvalue weighted by Gasteiger charge is 2.28. The molecule has 0 spiro atoms. The lowest BCUT2D eigenvalue weighted by Gasteiger charge is -2.32. The molecule has 2 aromatic heterocycles. The van der Waals surface area contributed by atoms with E-state index in [1.54, 1.807) is 36.5 Å². The number of esters is 1. The Morgan fingerprint density at radius 2 is 1.97 bits per heavy atom. The van der Waals surface area contributed by atoms with Crippen LogP contribution in [-0.4, -0.2) is 29.9 Å². The van der Waals surface area contributed by atoms with Crippen molar-refractivity contribution in [3.8, 4) is 5.75 Å². The van der Waals surface area contributed by atoms with E-state index in [0.29, 0.717) is 22.9 Å². The fourth-order valence-corrected chi connectivity index (χ4v) is 3.94. The number of pyridine rings is 1.